The quantitative estimate of drug-likeness (QED) is 0.743. The zero-order valence-electron chi connectivity index (χ0n) is 6.10. The fourth-order valence-corrected chi connectivity index (χ4v) is 0.753. The second-order valence-electron chi connectivity index (χ2n) is 2.20. The average molecular weight is 176 g/mol. The summed E-state index contributed by atoms with van der Waals surface area (Å²) in [4.78, 5) is 3.53. The van der Waals surface area contributed by atoms with Gasteiger partial charge in [0.1, 0.15) is 5.82 Å². The van der Waals surface area contributed by atoms with E-state index in [0.717, 1.165) is 12.3 Å². The number of aromatic nitrogens is 1. The molecular weight excluding hydrogens is 169 g/mol. The van der Waals surface area contributed by atoms with Crippen molar-refractivity contribution in [2.45, 2.75) is 13.0 Å². The highest BCUT2D eigenvalue weighted by Crippen LogP contribution is 2.20. The van der Waals surface area contributed by atoms with Gasteiger partial charge in [-0.05, 0) is 6.07 Å². The van der Waals surface area contributed by atoms with Crippen molar-refractivity contribution < 1.29 is 13.2 Å². The van der Waals surface area contributed by atoms with Crippen LogP contribution in [0.3, 0.4) is 0 Å². The van der Waals surface area contributed by atoms with Crippen LogP contribution in [-0.4, -0.2) is 4.98 Å². The van der Waals surface area contributed by atoms with Crippen molar-refractivity contribution >= 4 is 0 Å². The molecule has 66 valence electrons. The Morgan fingerprint density at radius 2 is 2.17 bits per heavy atom. The molecular formula is C7H7F3N2. The fourth-order valence-electron chi connectivity index (χ4n) is 0.753. The lowest BCUT2D eigenvalue weighted by Gasteiger charge is -2.01. The summed E-state index contributed by atoms with van der Waals surface area (Å²) in [6.07, 6.45) is -2.02. The standard InChI is InChI=1S/C7H7F3N2/c8-6-1-4(2-11)12-3-5(6)7(9)10/h1,3,7H,2,11H2. The number of halogens is 3. The molecule has 0 aliphatic carbocycles. The molecule has 12 heavy (non-hydrogen) atoms. The zero-order valence-corrected chi connectivity index (χ0v) is 6.10. The SMILES string of the molecule is NCc1cc(F)c(C(F)F)cn1. The molecule has 0 amide bonds. The Kier molecular flexibility index (Phi) is 2.65. The molecule has 0 spiro atoms. The highest BCUT2D eigenvalue weighted by atomic mass is 19.3. The molecule has 2 N–H and O–H groups in total. The zero-order chi connectivity index (χ0) is 9.14. The third-order valence-corrected chi connectivity index (χ3v) is 1.38. The van der Waals surface area contributed by atoms with Gasteiger partial charge in [0.05, 0.1) is 11.3 Å². The van der Waals surface area contributed by atoms with E-state index in [2.05, 4.69) is 4.98 Å². The maximum atomic E-state index is 12.7. The van der Waals surface area contributed by atoms with Crippen molar-refractivity contribution in [1.82, 2.24) is 4.98 Å². The average Bonchev–Trinajstić information content (AvgIpc) is 2.03. The molecule has 1 aromatic heterocycles. The van der Waals surface area contributed by atoms with Crippen molar-refractivity contribution in [3.63, 3.8) is 0 Å². The molecule has 0 radical (unpaired) electrons. The molecule has 0 atom stereocenters. The normalized spacial score (nSPS) is 10.8. The van der Waals surface area contributed by atoms with Crippen molar-refractivity contribution in [2.75, 3.05) is 0 Å². The van der Waals surface area contributed by atoms with Gasteiger partial charge >= 0.3 is 0 Å². The van der Waals surface area contributed by atoms with Crippen LogP contribution in [0.1, 0.15) is 17.7 Å². The van der Waals surface area contributed by atoms with Crippen LogP contribution >= 0.6 is 0 Å². The maximum absolute atomic E-state index is 12.7. The maximum Gasteiger partial charge on any atom is 0.268 e. The minimum atomic E-state index is -2.83. The number of alkyl halides is 2. The van der Waals surface area contributed by atoms with Gasteiger partial charge in [-0.2, -0.15) is 0 Å². The van der Waals surface area contributed by atoms with Crippen LogP contribution in [0.5, 0.6) is 0 Å². The van der Waals surface area contributed by atoms with E-state index in [1.165, 1.54) is 0 Å². The summed E-state index contributed by atoms with van der Waals surface area (Å²) >= 11 is 0. The summed E-state index contributed by atoms with van der Waals surface area (Å²) < 4.78 is 36.6. The van der Waals surface area contributed by atoms with Gasteiger partial charge in [0, 0.05) is 12.7 Å². The highest BCUT2D eigenvalue weighted by Gasteiger charge is 2.13. The second-order valence-corrected chi connectivity index (χ2v) is 2.20. The van der Waals surface area contributed by atoms with Crippen LogP contribution in [-0.2, 0) is 6.54 Å². The monoisotopic (exact) mass is 176 g/mol. The molecule has 0 fully saturated rings. The van der Waals surface area contributed by atoms with Gasteiger partial charge < -0.3 is 5.73 Å². The molecule has 0 aliphatic heterocycles. The first-order valence-corrected chi connectivity index (χ1v) is 3.27. The summed E-state index contributed by atoms with van der Waals surface area (Å²) in [5.41, 5.74) is 4.70. The van der Waals surface area contributed by atoms with Crippen LogP contribution in [0.15, 0.2) is 12.3 Å². The summed E-state index contributed by atoms with van der Waals surface area (Å²) in [6.45, 7) is 0.0421. The van der Waals surface area contributed by atoms with Crippen LogP contribution in [0.4, 0.5) is 13.2 Å². The first kappa shape index (κ1) is 8.99. The van der Waals surface area contributed by atoms with Crippen molar-refractivity contribution in [3.05, 3.63) is 29.3 Å². The molecule has 5 heteroatoms. The van der Waals surface area contributed by atoms with Gasteiger partial charge in [-0.15, -0.1) is 0 Å². The van der Waals surface area contributed by atoms with E-state index in [0.29, 0.717) is 0 Å². The predicted molar refractivity (Wildman–Crippen MR) is 37.0 cm³/mol. The molecule has 0 bridgehead atoms. The summed E-state index contributed by atoms with van der Waals surface area (Å²) in [6, 6.07) is 0.918. The topological polar surface area (TPSA) is 38.9 Å². The molecule has 0 saturated heterocycles. The van der Waals surface area contributed by atoms with Crippen LogP contribution in [0.2, 0.25) is 0 Å². The summed E-state index contributed by atoms with van der Waals surface area (Å²) in [5, 5.41) is 0. The van der Waals surface area contributed by atoms with Crippen molar-refractivity contribution in [3.8, 4) is 0 Å². The Balaban J connectivity index is 3.03. The number of nitrogens with zero attached hydrogens (tertiary/aromatic N) is 1. The fraction of sp³-hybridized carbons (Fsp3) is 0.286. The van der Waals surface area contributed by atoms with E-state index >= 15 is 0 Å². The first-order chi connectivity index (χ1) is 5.65. The molecule has 0 aliphatic rings. The molecule has 0 aromatic carbocycles. The van der Waals surface area contributed by atoms with Crippen molar-refractivity contribution in [1.29, 1.82) is 0 Å². The van der Waals surface area contributed by atoms with Crippen LogP contribution < -0.4 is 5.73 Å². The second kappa shape index (κ2) is 3.53. The summed E-state index contributed by atoms with van der Waals surface area (Å²) in [7, 11) is 0. The molecule has 1 aromatic rings. The van der Waals surface area contributed by atoms with E-state index in [1.807, 2.05) is 0 Å². The largest absolute Gasteiger partial charge is 0.325 e. The van der Waals surface area contributed by atoms with Crippen molar-refractivity contribution in [2.24, 2.45) is 5.73 Å². The minimum absolute atomic E-state index is 0.0421. The third-order valence-electron chi connectivity index (χ3n) is 1.38. The van der Waals surface area contributed by atoms with Crippen LogP contribution in [0.25, 0.3) is 0 Å². The van der Waals surface area contributed by atoms with E-state index in [4.69, 9.17) is 5.73 Å². The Labute approximate surface area is 67.2 Å². The van der Waals surface area contributed by atoms with Gasteiger partial charge in [-0.3, -0.25) is 4.98 Å². The molecule has 2 nitrogen and oxygen atoms in total. The number of hydrogen-bond donors (Lipinski definition) is 1. The van der Waals surface area contributed by atoms with E-state index in [1.54, 1.807) is 0 Å². The number of pyridine rings is 1. The molecule has 1 heterocycles. The first-order valence-electron chi connectivity index (χ1n) is 3.27. The van der Waals surface area contributed by atoms with Gasteiger partial charge in [0.2, 0.25) is 0 Å². The van der Waals surface area contributed by atoms with E-state index in [-0.39, 0.29) is 12.2 Å². The lowest BCUT2D eigenvalue weighted by Crippen LogP contribution is -2.02. The lowest BCUT2D eigenvalue weighted by molar-refractivity contribution is 0.146. The predicted octanol–water partition coefficient (Wildman–Crippen LogP) is 1.62. The van der Waals surface area contributed by atoms with E-state index in [9.17, 15) is 13.2 Å². The van der Waals surface area contributed by atoms with Crippen LogP contribution in [0, 0.1) is 5.82 Å². The Morgan fingerprint density at radius 3 is 2.58 bits per heavy atom. The Morgan fingerprint density at radius 1 is 1.50 bits per heavy atom. The number of hydrogen-bond acceptors (Lipinski definition) is 2. The Hall–Kier alpha value is -1.10. The van der Waals surface area contributed by atoms with Gasteiger partial charge in [0.25, 0.3) is 6.43 Å². The summed E-state index contributed by atoms with van der Waals surface area (Å²) in [5.74, 6) is -0.958. The molecule has 1 rings (SSSR count). The van der Waals surface area contributed by atoms with Gasteiger partial charge in [-0.25, -0.2) is 13.2 Å². The lowest BCUT2D eigenvalue weighted by atomic mass is 10.2. The van der Waals surface area contributed by atoms with Gasteiger partial charge in [0.15, 0.2) is 0 Å². The molecule has 0 saturated carbocycles. The number of nitrogens with two attached hydrogens (primary N) is 1. The smallest absolute Gasteiger partial charge is 0.268 e. The molecule has 0 unspecified atom stereocenters. The highest BCUT2D eigenvalue weighted by molar-refractivity contribution is 5.17. The van der Waals surface area contributed by atoms with Gasteiger partial charge in [-0.1, -0.05) is 0 Å². The minimum Gasteiger partial charge on any atom is -0.325 e. The number of rotatable bonds is 2. The third kappa shape index (κ3) is 1.73. The van der Waals surface area contributed by atoms with E-state index < -0.39 is 17.8 Å². The Bertz CT molecular complexity index is 275.